The van der Waals surface area contributed by atoms with Gasteiger partial charge in [-0.2, -0.15) is 0 Å². The minimum atomic E-state index is -3.67. The zero-order valence-corrected chi connectivity index (χ0v) is 17.9. The molecule has 0 saturated carbocycles. The van der Waals surface area contributed by atoms with E-state index in [1.807, 2.05) is 50.2 Å². The van der Waals surface area contributed by atoms with E-state index in [0.717, 1.165) is 23.3 Å². The van der Waals surface area contributed by atoms with Crippen LogP contribution in [0.4, 0.5) is 0 Å². The number of hydrogen-bond acceptors (Lipinski definition) is 3. The zero-order chi connectivity index (χ0) is 20.2. The van der Waals surface area contributed by atoms with Crippen molar-refractivity contribution in [3.05, 3.63) is 59.2 Å². The third kappa shape index (κ3) is 5.33. The van der Waals surface area contributed by atoms with Crippen molar-refractivity contribution in [2.24, 2.45) is 5.92 Å². The SMILES string of the molecule is COc1cc(C)c(S(=O)(=O)N[C@H](CC(C)C)c2ccccc2)cc1C(C)C. The van der Waals surface area contributed by atoms with Crippen molar-refractivity contribution >= 4 is 10.0 Å². The molecule has 2 aromatic carbocycles. The molecule has 0 spiro atoms. The zero-order valence-electron chi connectivity index (χ0n) is 17.1. The van der Waals surface area contributed by atoms with E-state index in [-0.39, 0.29) is 12.0 Å². The van der Waals surface area contributed by atoms with Crippen LogP contribution in [-0.2, 0) is 10.0 Å². The van der Waals surface area contributed by atoms with Gasteiger partial charge in [0.25, 0.3) is 0 Å². The summed E-state index contributed by atoms with van der Waals surface area (Å²) in [7, 11) is -2.06. The maximum absolute atomic E-state index is 13.2. The van der Waals surface area contributed by atoms with Gasteiger partial charge in [-0.1, -0.05) is 58.0 Å². The van der Waals surface area contributed by atoms with Crippen LogP contribution >= 0.6 is 0 Å². The topological polar surface area (TPSA) is 55.4 Å². The molecule has 0 amide bonds. The van der Waals surface area contributed by atoms with Crippen LogP contribution in [0.5, 0.6) is 5.75 Å². The maximum atomic E-state index is 13.2. The lowest BCUT2D eigenvalue weighted by Crippen LogP contribution is -2.30. The smallest absolute Gasteiger partial charge is 0.241 e. The quantitative estimate of drug-likeness (QED) is 0.676. The molecule has 0 bridgehead atoms. The van der Waals surface area contributed by atoms with E-state index in [2.05, 4.69) is 18.6 Å². The maximum Gasteiger partial charge on any atom is 0.241 e. The summed E-state index contributed by atoms with van der Waals surface area (Å²) in [6, 6.07) is 13.0. The Bertz CT molecular complexity index is 859. The summed E-state index contributed by atoms with van der Waals surface area (Å²) in [4.78, 5) is 0.316. The molecule has 0 unspecified atom stereocenters. The van der Waals surface area contributed by atoms with E-state index in [1.165, 1.54) is 0 Å². The van der Waals surface area contributed by atoms with Crippen LogP contribution in [0.15, 0.2) is 47.4 Å². The molecule has 148 valence electrons. The number of methoxy groups -OCH3 is 1. The van der Waals surface area contributed by atoms with Gasteiger partial charge in [-0.25, -0.2) is 13.1 Å². The summed E-state index contributed by atoms with van der Waals surface area (Å²) in [5, 5.41) is 0. The number of rotatable bonds is 8. The second kappa shape index (κ2) is 8.89. The van der Waals surface area contributed by atoms with Crippen molar-refractivity contribution in [1.29, 1.82) is 0 Å². The van der Waals surface area contributed by atoms with Crippen molar-refractivity contribution in [2.75, 3.05) is 7.11 Å². The van der Waals surface area contributed by atoms with Gasteiger partial charge in [0, 0.05) is 6.04 Å². The highest BCUT2D eigenvalue weighted by Gasteiger charge is 2.25. The number of aryl methyl sites for hydroxylation is 1. The molecule has 0 aliphatic heterocycles. The fourth-order valence-corrected chi connectivity index (χ4v) is 4.75. The number of nitrogens with one attached hydrogen (secondary N) is 1. The highest BCUT2D eigenvalue weighted by atomic mass is 32.2. The van der Waals surface area contributed by atoms with E-state index >= 15 is 0 Å². The Morgan fingerprint density at radius 3 is 2.19 bits per heavy atom. The van der Waals surface area contributed by atoms with Crippen LogP contribution in [-0.4, -0.2) is 15.5 Å². The highest BCUT2D eigenvalue weighted by molar-refractivity contribution is 7.89. The van der Waals surface area contributed by atoms with Gasteiger partial charge in [0.1, 0.15) is 5.75 Å². The van der Waals surface area contributed by atoms with Crippen molar-refractivity contribution in [1.82, 2.24) is 4.72 Å². The van der Waals surface area contributed by atoms with E-state index in [4.69, 9.17) is 4.74 Å². The molecule has 2 rings (SSSR count). The first-order valence-corrected chi connectivity index (χ1v) is 10.9. The van der Waals surface area contributed by atoms with Gasteiger partial charge in [0.05, 0.1) is 12.0 Å². The molecule has 4 nitrogen and oxygen atoms in total. The Kier molecular flexibility index (Phi) is 7.06. The normalized spacial score (nSPS) is 13.2. The van der Waals surface area contributed by atoms with Gasteiger partial charge < -0.3 is 4.74 Å². The Hall–Kier alpha value is -1.85. The summed E-state index contributed by atoms with van der Waals surface area (Å²) in [5.74, 6) is 1.25. The van der Waals surface area contributed by atoms with Crippen molar-refractivity contribution in [3.63, 3.8) is 0 Å². The van der Waals surface area contributed by atoms with Gasteiger partial charge in [-0.3, -0.25) is 0 Å². The van der Waals surface area contributed by atoms with Crippen molar-refractivity contribution < 1.29 is 13.2 Å². The first-order chi connectivity index (χ1) is 12.7. The Labute approximate surface area is 164 Å². The molecule has 0 aliphatic carbocycles. The van der Waals surface area contributed by atoms with Crippen molar-refractivity contribution in [3.8, 4) is 5.75 Å². The average molecular weight is 390 g/mol. The Morgan fingerprint density at radius 2 is 1.67 bits per heavy atom. The summed E-state index contributed by atoms with van der Waals surface area (Å²) in [6.07, 6.45) is 0.732. The molecular weight excluding hydrogens is 358 g/mol. The monoisotopic (exact) mass is 389 g/mol. The summed E-state index contributed by atoms with van der Waals surface area (Å²) in [5.41, 5.74) is 2.55. The number of hydrogen-bond donors (Lipinski definition) is 1. The molecule has 0 aliphatic rings. The van der Waals surface area contributed by atoms with Crippen LogP contribution in [0, 0.1) is 12.8 Å². The molecule has 5 heteroatoms. The molecule has 0 radical (unpaired) electrons. The minimum absolute atomic E-state index is 0.162. The van der Waals surface area contributed by atoms with Gasteiger partial charge in [0.2, 0.25) is 10.0 Å². The fourth-order valence-electron chi connectivity index (χ4n) is 3.25. The third-order valence-electron chi connectivity index (χ3n) is 4.65. The lowest BCUT2D eigenvalue weighted by atomic mass is 9.98. The van der Waals surface area contributed by atoms with Gasteiger partial charge in [-0.05, 0) is 54.0 Å². The first kappa shape index (κ1) is 21.5. The molecule has 0 aromatic heterocycles. The van der Waals surface area contributed by atoms with Crippen LogP contribution in [0.25, 0.3) is 0 Å². The van der Waals surface area contributed by atoms with E-state index in [1.54, 1.807) is 20.1 Å². The molecule has 0 saturated heterocycles. The van der Waals surface area contributed by atoms with Crippen LogP contribution in [0.1, 0.15) is 62.8 Å². The molecular formula is C22H31NO3S. The Morgan fingerprint density at radius 1 is 1.04 bits per heavy atom. The third-order valence-corrected chi connectivity index (χ3v) is 6.26. The number of benzene rings is 2. The molecule has 2 aromatic rings. The summed E-state index contributed by atoms with van der Waals surface area (Å²) < 4.78 is 34.9. The molecule has 0 fully saturated rings. The highest BCUT2D eigenvalue weighted by Crippen LogP contribution is 2.32. The summed E-state index contributed by atoms with van der Waals surface area (Å²) in [6.45, 7) is 10.1. The van der Waals surface area contributed by atoms with E-state index in [9.17, 15) is 8.42 Å². The average Bonchev–Trinajstić information content (AvgIpc) is 2.60. The van der Waals surface area contributed by atoms with Gasteiger partial charge in [-0.15, -0.1) is 0 Å². The van der Waals surface area contributed by atoms with Gasteiger partial charge in [0.15, 0.2) is 0 Å². The lowest BCUT2D eigenvalue weighted by molar-refractivity contribution is 0.406. The number of sulfonamides is 1. The van der Waals surface area contributed by atoms with E-state index in [0.29, 0.717) is 16.4 Å². The van der Waals surface area contributed by atoms with Crippen LogP contribution in [0.3, 0.4) is 0 Å². The molecule has 0 heterocycles. The number of ether oxygens (including phenoxy) is 1. The molecule has 27 heavy (non-hydrogen) atoms. The molecule has 1 N–H and O–H groups in total. The predicted molar refractivity (Wildman–Crippen MR) is 111 cm³/mol. The second-order valence-corrected chi connectivity index (χ2v) is 9.41. The van der Waals surface area contributed by atoms with Crippen LogP contribution < -0.4 is 9.46 Å². The first-order valence-electron chi connectivity index (χ1n) is 9.41. The minimum Gasteiger partial charge on any atom is -0.496 e. The fraction of sp³-hybridized carbons (Fsp3) is 0.455. The largest absolute Gasteiger partial charge is 0.496 e. The van der Waals surface area contributed by atoms with Crippen LogP contribution in [0.2, 0.25) is 0 Å². The lowest BCUT2D eigenvalue weighted by Gasteiger charge is -2.23. The second-order valence-electron chi connectivity index (χ2n) is 7.73. The van der Waals surface area contributed by atoms with Crippen molar-refractivity contribution in [2.45, 2.75) is 57.9 Å². The molecule has 1 atom stereocenters. The summed E-state index contributed by atoms with van der Waals surface area (Å²) >= 11 is 0. The predicted octanol–water partition coefficient (Wildman–Crippen LogP) is 5.19. The standard InChI is InChI=1S/C22H31NO3S/c1-15(2)12-20(18-10-8-7-9-11-18)23-27(24,25)22-14-19(16(3)4)21(26-6)13-17(22)5/h7-11,13-16,20,23H,12H2,1-6H3/t20-/m1/s1. The van der Waals surface area contributed by atoms with E-state index < -0.39 is 10.0 Å². The van der Waals surface area contributed by atoms with Gasteiger partial charge >= 0.3 is 0 Å². The Balaban J connectivity index is 2.46.